The van der Waals surface area contributed by atoms with Crippen molar-refractivity contribution in [2.75, 3.05) is 19.0 Å². The van der Waals surface area contributed by atoms with Gasteiger partial charge in [-0.2, -0.15) is 0 Å². The Labute approximate surface area is 142 Å². The number of aryl methyl sites for hydroxylation is 2. The summed E-state index contributed by atoms with van der Waals surface area (Å²) >= 11 is 0. The van der Waals surface area contributed by atoms with Gasteiger partial charge >= 0.3 is 5.97 Å². The monoisotopic (exact) mass is 334 g/mol. The first kappa shape index (κ1) is 18.2. The van der Waals surface area contributed by atoms with Gasteiger partial charge in [-0.1, -0.05) is 6.42 Å². The van der Waals surface area contributed by atoms with Crippen molar-refractivity contribution in [2.45, 2.75) is 52.0 Å². The summed E-state index contributed by atoms with van der Waals surface area (Å²) in [7, 11) is 1.67. The Morgan fingerprint density at radius 3 is 2.83 bits per heavy atom. The summed E-state index contributed by atoms with van der Waals surface area (Å²) in [5.74, 6) is 1.17. The lowest BCUT2D eigenvalue weighted by molar-refractivity contribution is -0.143. The van der Waals surface area contributed by atoms with E-state index in [2.05, 4.69) is 20.6 Å². The van der Waals surface area contributed by atoms with Gasteiger partial charge in [0.25, 0.3) is 0 Å². The van der Waals surface area contributed by atoms with Gasteiger partial charge < -0.3 is 15.4 Å². The Balaban J connectivity index is 2.02. The van der Waals surface area contributed by atoms with Crippen LogP contribution in [0.4, 0.5) is 5.82 Å². The first-order valence-corrected chi connectivity index (χ1v) is 8.51. The van der Waals surface area contributed by atoms with Gasteiger partial charge in [0.1, 0.15) is 11.6 Å². The van der Waals surface area contributed by atoms with E-state index in [1.807, 2.05) is 13.0 Å². The van der Waals surface area contributed by atoms with E-state index >= 15 is 0 Å². The average molecular weight is 334 g/mol. The van der Waals surface area contributed by atoms with Gasteiger partial charge in [-0.15, -0.1) is 0 Å². The number of anilines is 1. The second kappa shape index (κ2) is 8.61. The Kier molecular flexibility index (Phi) is 6.52. The van der Waals surface area contributed by atoms with Gasteiger partial charge in [0.15, 0.2) is 0 Å². The molecule has 1 fully saturated rings. The lowest BCUT2D eigenvalue weighted by atomic mass is 10.0. The zero-order chi connectivity index (χ0) is 17.5. The Hall–Kier alpha value is -2.18. The van der Waals surface area contributed by atoms with Crippen LogP contribution in [0.2, 0.25) is 0 Å². The van der Waals surface area contributed by atoms with Gasteiger partial charge in [-0.3, -0.25) is 9.59 Å². The van der Waals surface area contributed by atoms with Crippen LogP contribution in [0.3, 0.4) is 0 Å². The number of carbonyl (C=O) groups is 2. The van der Waals surface area contributed by atoms with Crippen LogP contribution in [0.1, 0.15) is 44.1 Å². The highest BCUT2D eigenvalue weighted by molar-refractivity contribution is 5.79. The molecule has 7 nitrogen and oxygen atoms in total. The van der Waals surface area contributed by atoms with E-state index in [4.69, 9.17) is 4.74 Å². The lowest BCUT2D eigenvalue weighted by Crippen LogP contribution is -2.36. The maximum absolute atomic E-state index is 12.0. The summed E-state index contributed by atoms with van der Waals surface area (Å²) in [6.45, 7) is 4.00. The number of ether oxygens (including phenoxy) is 1. The maximum Gasteiger partial charge on any atom is 0.306 e. The van der Waals surface area contributed by atoms with Crippen LogP contribution in [0, 0.1) is 12.8 Å². The number of hydrogen-bond donors (Lipinski definition) is 2. The van der Waals surface area contributed by atoms with Gasteiger partial charge in [0.05, 0.1) is 18.9 Å². The number of carbonyl (C=O) groups excluding carboxylic acids is 2. The molecule has 1 amide bonds. The number of rotatable bonds is 7. The fraction of sp³-hybridized carbons (Fsp3) is 0.647. The molecule has 2 rings (SSSR count). The summed E-state index contributed by atoms with van der Waals surface area (Å²) in [6, 6.07) is 1.93. The van der Waals surface area contributed by atoms with Crippen LogP contribution in [0.5, 0.6) is 0 Å². The van der Waals surface area contributed by atoms with Crippen LogP contribution in [0.25, 0.3) is 0 Å². The largest absolute Gasteiger partial charge is 0.466 e. The van der Waals surface area contributed by atoms with Crippen molar-refractivity contribution in [3.63, 3.8) is 0 Å². The van der Waals surface area contributed by atoms with E-state index in [0.717, 1.165) is 25.0 Å². The second-order valence-corrected chi connectivity index (χ2v) is 6.00. The number of hydrogen-bond acceptors (Lipinski definition) is 6. The topological polar surface area (TPSA) is 93.2 Å². The van der Waals surface area contributed by atoms with Gasteiger partial charge in [0.2, 0.25) is 5.91 Å². The quantitative estimate of drug-likeness (QED) is 0.736. The van der Waals surface area contributed by atoms with Crippen molar-refractivity contribution in [3.8, 4) is 0 Å². The Morgan fingerprint density at radius 1 is 1.33 bits per heavy atom. The molecule has 2 atom stereocenters. The van der Waals surface area contributed by atoms with Crippen LogP contribution >= 0.6 is 0 Å². The van der Waals surface area contributed by atoms with Crippen LogP contribution < -0.4 is 10.6 Å². The van der Waals surface area contributed by atoms with E-state index < -0.39 is 0 Å². The summed E-state index contributed by atoms with van der Waals surface area (Å²) in [6.07, 6.45) is 3.67. The molecule has 0 saturated heterocycles. The van der Waals surface area contributed by atoms with Crippen molar-refractivity contribution in [2.24, 2.45) is 5.92 Å². The minimum atomic E-state index is -0.223. The highest BCUT2D eigenvalue weighted by atomic mass is 16.5. The number of nitrogens with zero attached hydrogens (tertiary/aromatic N) is 2. The molecule has 1 aromatic heterocycles. The first-order chi connectivity index (χ1) is 11.5. The van der Waals surface area contributed by atoms with Crippen LogP contribution in [-0.2, 0) is 20.7 Å². The minimum absolute atomic E-state index is 0.0340. The molecular formula is C17H26N4O3. The second-order valence-electron chi connectivity index (χ2n) is 6.00. The molecule has 1 aliphatic rings. The summed E-state index contributed by atoms with van der Waals surface area (Å²) in [5.41, 5.74) is 0.799. The molecule has 0 bridgehead atoms. The molecule has 1 aliphatic carbocycles. The molecule has 2 N–H and O–H groups in total. The maximum atomic E-state index is 12.0. The molecule has 0 radical (unpaired) electrons. The zero-order valence-corrected chi connectivity index (χ0v) is 14.6. The summed E-state index contributed by atoms with van der Waals surface area (Å²) in [4.78, 5) is 32.2. The van der Waals surface area contributed by atoms with E-state index in [9.17, 15) is 9.59 Å². The molecule has 1 saturated carbocycles. The molecule has 0 aliphatic heterocycles. The third-order valence-electron chi connectivity index (χ3n) is 4.21. The number of nitrogens with one attached hydrogen (secondary N) is 2. The third kappa shape index (κ3) is 4.91. The highest BCUT2D eigenvalue weighted by Crippen LogP contribution is 2.28. The molecule has 7 heteroatoms. The van der Waals surface area contributed by atoms with Gasteiger partial charge in [-0.05, 0) is 26.7 Å². The van der Waals surface area contributed by atoms with Crippen molar-refractivity contribution in [1.82, 2.24) is 15.3 Å². The average Bonchev–Trinajstić information content (AvgIpc) is 3.00. The predicted octanol–water partition coefficient (Wildman–Crippen LogP) is 1.61. The highest BCUT2D eigenvalue weighted by Gasteiger charge is 2.32. The summed E-state index contributed by atoms with van der Waals surface area (Å²) < 4.78 is 4.94. The normalized spacial score (nSPS) is 19.8. The number of aromatic nitrogens is 2. The summed E-state index contributed by atoms with van der Waals surface area (Å²) in [5, 5.41) is 6.10. The van der Waals surface area contributed by atoms with E-state index in [1.54, 1.807) is 14.0 Å². The van der Waals surface area contributed by atoms with E-state index in [-0.39, 0.29) is 23.8 Å². The number of esters is 1. The van der Waals surface area contributed by atoms with Gasteiger partial charge in [-0.25, -0.2) is 9.97 Å². The molecule has 0 spiro atoms. The van der Waals surface area contributed by atoms with Gasteiger partial charge in [0, 0.05) is 31.3 Å². The zero-order valence-electron chi connectivity index (χ0n) is 14.6. The smallest absolute Gasteiger partial charge is 0.306 e. The molecule has 24 heavy (non-hydrogen) atoms. The first-order valence-electron chi connectivity index (χ1n) is 8.51. The van der Waals surface area contributed by atoms with E-state index in [1.165, 1.54) is 0 Å². The molecule has 1 heterocycles. The Morgan fingerprint density at radius 2 is 2.12 bits per heavy atom. The van der Waals surface area contributed by atoms with Crippen molar-refractivity contribution < 1.29 is 14.3 Å². The van der Waals surface area contributed by atoms with Crippen LogP contribution in [-0.4, -0.2) is 41.5 Å². The molecule has 1 aromatic rings. The fourth-order valence-corrected chi connectivity index (χ4v) is 3.12. The van der Waals surface area contributed by atoms with Crippen molar-refractivity contribution in [3.05, 3.63) is 17.6 Å². The molecule has 0 aromatic carbocycles. The number of amides is 1. The minimum Gasteiger partial charge on any atom is -0.466 e. The van der Waals surface area contributed by atoms with Crippen molar-refractivity contribution >= 4 is 17.7 Å². The van der Waals surface area contributed by atoms with Crippen molar-refractivity contribution in [1.29, 1.82) is 0 Å². The predicted molar refractivity (Wildman–Crippen MR) is 90.5 cm³/mol. The standard InChI is InChI=1S/C17H26N4O3/c1-4-24-16(22)9-8-12-10-15(20-11(2)19-12)21-14-7-5-6-13(14)17(23)18-3/h10,13-14H,4-9H2,1-3H3,(H,18,23)(H,19,20,21)/t13-,14+/m1/s1. The van der Waals surface area contributed by atoms with E-state index in [0.29, 0.717) is 31.1 Å². The molecule has 0 unspecified atom stereocenters. The fourth-order valence-electron chi connectivity index (χ4n) is 3.12. The SMILES string of the molecule is CCOC(=O)CCc1cc(N[C@H]2CCC[C@H]2C(=O)NC)nc(C)n1. The Bertz CT molecular complexity index is 591. The van der Waals surface area contributed by atoms with Crippen LogP contribution in [0.15, 0.2) is 6.07 Å². The molecule has 132 valence electrons. The molecular weight excluding hydrogens is 308 g/mol. The third-order valence-corrected chi connectivity index (χ3v) is 4.21. The lowest BCUT2D eigenvalue weighted by Gasteiger charge is -2.20.